The molecule has 2 saturated heterocycles. The number of rotatable bonds is 5. The Labute approximate surface area is 172 Å². The number of hydrogen-bond acceptors (Lipinski definition) is 5. The van der Waals surface area contributed by atoms with Crippen LogP contribution in [0.2, 0.25) is 0 Å². The van der Waals surface area contributed by atoms with E-state index in [1.54, 1.807) is 6.26 Å². The Balaban J connectivity index is 1.69. The largest absolute Gasteiger partial charge is 0.461 e. The molecule has 0 N–H and O–H groups in total. The molecule has 1 aromatic carbocycles. The van der Waals surface area contributed by atoms with E-state index in [-0.39, 0.29) is 33.5 Å². The van der Waals surface area contributed by atoms with Gasteiger partial charge in [-0.05, 0) is 47.6 Å². The van der Waals surface area contributed by atoms with Crippen molar-refractivity contribution in [2.45, 2.75) is 42.4 Å². The third kappa shape index (κ3) is 3.37. The lowest BCUT2D eigenvalue weighted by Gasteiger charge is -2.30. The van der Waals surface area contributed by atoms with E-state index in [1.165, 1.54) is 17.8 Å². The maximum Gasteiger partial charge on any atom is 0.318 e. The summed E-state index contributed by atoms with van der Waals surface area (Å²) < 4.78 is 60.5. The first-order chi connectivity index (χ1) is 13.3. The van der Waals surface area contributed by atoms with E-state index in [4.69, 9.17) is 4.74 Å². The van der Waals surface area contributed by atoms with E-state index in [1.807, 2.05) is 0 Å². The van der Waals surface area contributed by atoms with Gasteiger partial charge in [-0.3, -0.25) is 4.90 Å². The van der Waals surface area contributed by atoms with Gasteiger partial charge in [0.05, 0.1) is 10.0 Å². The highest BCUT2D eigenvalue weighted by atomic mass is 79.9. The molecule has 2 aliphatic rings. The summed E-state index contributed by atoms with van der Waals surface area (Å²) in [7, 11) is 0. The summed E-state index contributed by atoms with van der Waals surface area (Å²) >= 11 is 4.09. The van der Waals surface area contributed by atoms with Gasteiger partial charge in [-0.1, -0.05) is 0 Å². The Morgan fingerprint density at radius 2 is 2.21 bits per heavy atom. The normalized spacial score (nSPS) is 25.0. The van der Waals surface area contributed by atoms with Crippen molar-refractivity contribution in [1.82, 2.24) is 14.9 Å². The van der Waals surface area contributed by atoms with Crippen LogP contribution in [0.4, 0.5) is 17.6 Å². The average molecular weight is 480 g/mol. The van der Waals surface area contributed by atoms with Crippen molar-refractivity contribution in [3.8, 4) is 6.01 Å². The Kier molecular flexibility index (Phi) is 5.47. The molecule has 0 radical (unpaired) electrons. The van der Waals surface area contributed by atoms with Gasteiger partial charge in [0, 0.05) is 23.9 Å². The smallest absolute Gasteiger partial charge is 0.318 e. The summed E-state index contributed by atoms with van der Waals surface area (Å²) in [5.41, 5.74) is -0.908. The highest BCUT2D eigenvalue weighted by Crippen LogP contribution is 2.41. The molecule has 0 unspecified atom stereocenters. The number of halogens is 5. The van der Waals surface area contributed by atoms with E-state index >= 15 is 0 Å². The fourth-order valence-corrected chi connectivity index (χ4v) is 5.22. The van der Waals surface area contributed by atoms with Crippen LogP contribution in [-0.4, -0.2) is 52.5 Å². The second-order valence-corrected chi connectivity index (χ2v) is 8.76. The predicted molar refractivity (Wildman–Crippen MR) is 102 cm³/mol. The molecule has 2 fully saturated rings. The minimum absolute atomic E-state index is 0.0315. The molecule has 0 aliphatic carbocycles. The minimum atomic E-state index is -2.83. The molecule has 0 bridgehead atoms. The van der Waals surface area contributed by atoms with E-state index in [2.05, 4.69) is 30.8 Å². The van der Waals surface area contributed by atoms with Crippen molar-refractivity contribution in [1.29, 1.82) is 0 Å². The van der Waals surface area contributed by atoms with Crippen molar-refractivity contribution in [2.75, 3.05) is 26.0 Å². The molecule has 0 amide bonds. The van der Waals surface area contributed by atoms with Crippen LogP contribution in [0.25, 0.3) is 10.9 Å². The first-order valence-corrected chi connectivity index (χ1v) is 10.9. The summed E-state index contributed by atoms with van der Waals surface area (Å²) in [5, 5.41) is 0.560. The van der Waals surface area contributed by atoms with Gasteiger partial charge in [0.1, 0.15) is 23.3 Å². The number of ether oxygens (including phenoxy) is 1. The van der Waals surface area contributed by atoms with Crippen LogP contribution in [-0.2, 0) is 0 Å². The maximum absolute atomic E-state index is 14.7. The van der Waals surface area contributed by atoms with E-state index in [9.17, 15) is 17.6 Å². The van der Waals surface area contributed by atoms with E-state index in [0.717, 1.165) is 19.4 Å². The summed E-state index contributed by atoms with van der Waals surface area (Å²) in [6.07, 6.45) is 0.201. The van der Waals surface area contributed by atoms with Gasteiger partial charge in [0.25, 0.3) is 6.43 Å². The molecule has 2 aromatic rings. The third-order valence-corrected chi connectivity index (χ3v) is 7.01. The van der Waals surface area contributed by atoms with Crippen molar-refractivity contribution >= 4 is 38.6 Å². The highest BCUT2D eigenvalue weighted by molar-refractivity contribution is 9.10. The Morgan fingerprint density at radius 3 is 2.93 bits per heavy atom. The molecule has 10 heteroatoms. The number of thioether (sulfide) groups is 1. The zero-order chi connectivity index (χ0) is 20.1. The second kappa shape index (κ2) is 7.60. The van der Waals surface area contributed by atoms with Gasteiger partial charge in [0.2, 0.25) is 0 Å². The standard InChI is InChI=1S/C18H18BrF4N3OS/c1-28-16-11-5-10(15(22)23)12(19)13(21)14(11)24-17(25-16)27-8-18-3-2-4-26(18)7-9(20)6-18/h5,9,15H,2-4,6-8H2,1H3/t9-,18+/m1/s1. The van der Waals surface area contributed by atoms with Crippen LogP contribution < -0.4 is 4.74 Å². The number of alkyl halides is 3. The summed E-state index contributed by atoms with van der Waals surface area (Å²) in [6, 6.07) is 1.17. The minimum Gasteiger partial charge on any atom is -0.461 e. The average Bonchev–Trinajstić information content (AvgIpc) is 3.17. The molecule has 28 heavy (non-hydrogen) atoms. The maximum atomic E-state index is 14.7. The zero-order valence-corrected chi connectivity index (χ0v) is 17.4. The van der Waals surface area contributed by atoms with Crippen LogP contribution in [0, 0.1) is 5.82 Å². The number of nitrogens with zero attached hydrogens (tertiary/aromatic N) is 3. The fraction of sp³-hybridized carbons (Fsp3) is 0.556. The monoisotopic (exact) mass is 479 g/mol. The predicted octanol–water partition coefficient (Wildman–Crippen LogP) is 5.15. The quantitative estimate of drug-likeness (QED) is 0.337. The molecular weight excluding hydrogens is 462 g/mol. The van der Waals surface area contributed by atoms with Gasteiger partial charge >= 0.3 is 6.01 Å². The van der Waals surface area contributed by atoms with Crippen molar-refractivity contribution in [3.63, 3.8) is 0 Å². The molecule has 0 spiro atoms. The molecule has 4 nitrogen and oxygen atoms in total. The summed E-state index contributed by atoms with van der Waals surface area (Å²) in [6.45, 7) is 1.44. The summed E-state index contributed by atoms with van der Waals surface area (Å²) in [4.78, 5) is 10.5. The molecule has 0 saturated carbocycles. The van der Waals surface area contributed by atoms with E-state index in [0.29, 0.717) is 18.0 Å². The molecule has 4 rings (SSSR count). The molecule has 152 valence electrons. The van der Waals surface area contributed by atoms with Gasteiger partial charge in [-0.15, -0.1) is 11.8 Å². The topological polar surface area (TPSA) is 38.2 Å². The van der Waals surface area contributed by atoms with Crippen LogP contribution in [0.3, 0.4) is 0 Å². The summed E-state index contributed by atoms with van der Waals surface area (Å²) in [5.74, 6) is -0.874. The fourth-order valence-electron chi connectivity index (χ4n) is 4.20. The van der Waals surface area contributed by atoms with Gasteiger partial charge in [-0.25, -0.2) is 17.6 Å². The Bertz CT molecular complexity index is 918. The third-order valence-electron chi connectivity index (χ3n) is 5.50. The lowest BCUT2D eigenvalue weighted by atomic mass is 9.95. The number of fused-ring (bicyclic) bond motifs is 2. The van der Waals surface area contributed by atoms with Crippen LogP contribution in [0.5, 0.6) is 6.01 Å². The van der Waals surface area contributed by atoms with Gasteiger partial charge in [-0.2, -0.15) is 9.97 Å². The first kappa shape index (κ1) is 20.2. The molecule has 1 aromatic heterocycles. The first-order valence-electron chi connectivity index (χ1n) is 8.88. The Hall–Kier alpha value is -1.13. The van der Waals surface area contributed by atoms with Gasteiger partial charge in [0.15, 0.2) is 5.82 Å². The van der Waals surface area contributed by atoms with Crippen molar-refractivity contribution in [3.05, 3.63) is 21.9 Å². The lowest BCUT2D eigenvalue weighted by molar-refractivity contribution is 0.107. The lowest BCUT2D eigenvalue weighted by Crippen LogP contribution is -2.43. The zero-order valence-electron chi connectivity index (χ0n) is 15.0. The molecule has 3 heterocycles. The second-order valence-electron chi connectivity index (χ2n) is 7.17. The van der Waals surface area contributed by atoms with Crippen LogP contribution in [0.15, 0.2) is 15.6 Å². The van der Waals surface area contributed by atoms with Crippen molar-refractivity contribution < 1.29 is 22.3 Å². The van der Waals surface area contributed by atoms with Gasteiger partial charge < -0.3 is 4.74 Å². The number of benzene rings is 1. The van der Waals surface area contributed by atoms with Crippen LogP contribution >= 0.6 is 27.7 Å². The number of hydrogen-bond donors (Lipinski definition) is 0. The highest BCUT2D eigenvalue weighted by Gasteiger charge is 2.49. The van der Waals surface area contributed by atoms with Crippen molar-refractivity contribution in [2.24, 2.45) is 0 Å². The SMILES string of the molecule is CSc1nc(OC[C@@]23CCCN2C[C@H](F)C3)nc2c(F)c(Br)c(C(F)F)cc12. The molecular formula is C18H18BrF4N3OS. The Morgan fingerprint density at radius 1 is 1.43 bits per heavy atom. The molecule has 2 aliphatic heterocycles. The molecule has 2 atom stereocenters. The van der Waals surface area contributed by atoms with Crippen LogP contribution in [0.1, 0.15) is 31.3 Å². The number of aromatic nitrogens is 2. The van der Waals surface area contributed by atoms with E-state index < -0.39 is 24.0 Å².